The molecule has 0 fully saturated rings. The third-order valence-corrected chi connectivity index (χ3v) is 9.09. The standard InChI is InChI=1S/C40H31N/c1-40(2)37-18-9-8-16-35(37)36-24-23-32(26-38(36)40)41(30-13-4-3-5-14-30)31-21-19-27(20-22-31)33-17-10-12-29-25-28-11-6-7-15-34(28)39(29)33/h3-24,26H,25H2,1-2H3. The highest BCUT2D eigenvalue weighted by molar-refractivity contribution is 5.91. The molecule has 0 saturated heterocycles. The van der Waals surface area contributed by atoms with Crippen molar-refractivity contribution < 1.29 is 0 Å². The van der Waals surface area contributed by atoms with Crippen LogP contribution in [0.4, 0.5) is 17.1 Å². The lowest BCUT2D eigenvalue weighted by Gasteiger charge is -2.28. The molecule has 8 rings (SSSR count). The summed E-state index contributed by atoms with van der Waals surface area (Å²) < 4.78 is 0. The van der Waals surface area contributed by atoms with Crippen LogP contribution < -0.4 is 4.90 Å². The molecule has 0 saturated carbocycles. The van der Waals surface area contributed by atoms with Gasteiger partial charge in [0.15, 0.2) is 0 Å². The monoisotopic (exact) mass is 525 g/mol. The molecule has 0 aliphatic heterocycles. The predicted molar refractivity (Wildman–Crippen MR) is 172 cm³/mol. The number of nitrogens with zero attached hydrogens (tertiary/aromatic N) is 1. The Labute approximate surface area is 242 Å². The molecule has 0 spiro atoms. The van der Waals surface area contributed by atoms with Crippen molar-refractivity contribution in [3.05, 3.63) is 162 Å². The molecule has 0 heterocycles. The first-order chi connectivity index (χ1) is 20.1. The van der Waals surface area contributed by atoms with E-state index in [0.29, 0.717) is 0 Å². The zero-order valence-corrected chi connectivity index (χ0v) is 23.4. The lowest BCUT2D eigenvalue weighted by molar-refractivity contribution is 0.660. The third-order valence-electron chi connectivity index (χ3n) is 9.09. The van der Waals surface area contributed by atoms with Gasteiger partial charge in [-0.1, -0.05) is 117 Å². The van der Waals surface area contributed by atoms with Gasteiger partial charge in [-0.2, -0.15) is 0 Å². The molecular weight excluding hydrogens is 494 g/mol. The third kappa shape index (κ3) is 3.69. The molecule has 196 valence electrons. The fourth-order valence-corrected chi connectivity index (χ4v) is 7.08. The van der Waals surface area contributed by atoms with E-state index in [0.717, 1.165) is 17.8 Å². The zero-order chi connectivity index (χ0) is 27.6. The summed E-state index contributed by atoms with van der Waals surface area (Å²) in [4.78, 5) is 2.38. The number of hydrogen-bond donors (Lipinski definition) is 0. The van der Waals surface area contributed by atoms with Gasteiger partial charge in [-0.05, 0) is 98.5 Å². The van der Waals surface area contributed by atoms with Gasteiger partial charge >= 0.3 is 0 Å². The van der Waals surface area contributed by atoms with Crippen molar-refractivity contribution in [2.75, 3.05) is 4.90 Å². The molecule has 0 amide bonds. The Morgan fingerprint density at radius 2 is 1.07 bits per heavy atom. The minimum atomic E-state index is -0.0435. The Hall–Kier alpha value is -4.88. The number of benzene rings is 6. The average molecular weight is 526 g/mol. The summed E-state index contributed by atoms with van der Waals surface area (Å²) in [7, 11) is 0. The summed E-state index contributed by atoms with van der Waals surface area (Å²) in [6.07, 6.45) is 1.01. The van der Waals surface area contributed by atoms with Crippen molar-refractivity contribution >= 4 is 17.1 Å². The maximum Gasteiger partial charge on any atom is 0.0465 e. The number of hydrogen-bond acceptors (Lipinski definition) is 1. The highest BCUT2D eigenvalue weighted by atomic mass is 15.1. The smallest absolute Gasteiger partial charge is 0.0465 e. The molecule has 0 bridgehead atoms. The Morgan fingerprint density at radius 1 is 0.463 bits per heavy atom. The quantitative estimate of drug-likeness (QED) is 0.221. The Bertz CT molecular complexity index is 1930. The zero-order valence-electron chi connectivity index (χ0n) is 23.4. The summed E-state index contributed by atoms with van der Waals surface area (Å²) >= 11 is 0. The van der Waals surface area contributed by atoms with E-state index in [1.54, 1.807) is 0 Å². The van der Waals surface area contributed by atoms with Crippen LogP contribution in [0.3, 0.4) is 0 Å². The van der Waals surface area contributed by atoms with Gasteiger partial charge in [0.05, 0.1) is 0 Å². The van der Waals surface area contributed by atoms with Crippen LogP contribution in [0, 0.1) is 0 Å². The van der Waals surface area contributed by atoms with E-state index in [1.165, 1.54) is 61.3 Å². The maximum atomic E-state index is 2.40. The van der Waals surface area contributed by atoms with E-state index in [4.69, 9.17) is 0 Å². The van der Waals surface area contributed by atoms with Gasteiger partial charge in [0, 0.05) is 22.5 Å². The second-order valence-electron chi connectivity index (χ2n) is 11.8. The minimum Gasteiger partial charge on any atom is -0.310 e. The largest absolute Gasteiger partial charge is 0.310 e. The lowest BCUT2D eigenvalue weighted by Crippen LogP contribution is -2.16. The molecule has 0 aromatic heterocycles. The number of rotatable bonds is 4. The molecule has 6 aromatic rings. The van der Waals surface area contributed by atoms with Crippen molar-refractivity contribution in [1.29, 1.82) is 0 Å². The van der Waals surface area contributed by atoms with Crippen LogP contribution in [0.15, 0.2) is 140 Å². The van der Waals surface area contributed by atoms with Gasteiger partial charge in [0.2, 0.25) is 0 Å². The molecule has 6 aromatic carbocycles. The summed E-state index contributed by atoms with van der Waals surface area (Å²) in [5, 5.41) is 0. The van der Waals surface area contributed by atoms with E-state index >= 15 is 0 Å². The van der Waals surface area contributed by atoms with Crippen molar-refractivity contribution in [3.63, 3.8) is 0 Å². The van der Waals surface area contributed by atoms with Crippen LogP contribution in [-0.4, -0.2) is 0 Å². The topological polar surface area (TPSA) is 3.24 Å². The normalized spacial score (nSPS) is 13.7. The first-order valence-electron chi connectivity index (χ1n) is 14.5. The summed E-state index contributed by atoms with van der Waals surface area (Å²) in [6.45, 7) is 4.69. The van der Waals surface area contributed by atoms with Gasteiger partial charge in [0.25, 0.3) is 0 Å². The van der Waals surface area contributed by atoms with Crippen molar-refractivity contribution in [2.24, 2.45) is 0 Å². The number of para-hydroxylation sites is 1. The molecule has 1 nitrogen and oxygen atoms in total. The van der Waals surface area contributed by atoms with E-state index in [1.807, 2.05) is 0 Å². The summed E-state index contributed by atoms with van der Waals surface area (Å²) in [5.74, 6) is 0. The van der Waals surface area contributed by atoms with Crippen molar-refractivity contribution in [1.82, 2.24) is 0 Å². The lowest BCUT2D eigenvalue weighted by atomic mass is 9.82. The van der Waals surface area contributed by atoms with Crippen LogP contribution in [0.5, 0.6) is 0 Å². The molecule has 1 heteroatoms. The minimum absolute atomic E-state index is 0.0435. The summed E-state index contributed by atoms with van der Waals surface area (Å²) in [6, 6.07) is 51.3. The van der Waals surface area contributed by atoms with E-state index in [9.17, 15) is 0 Å². The van der Waals surface area contributed by atoms with E-state index in [2.05, 4.69) is 158 Å². The van der Waals surface area contributed by atoms with Gasteiger partial charge < -0.3 is 4.90 Å². The van der Waals surface area contributed by atoms with Gasteiger partial charge in [-0.25, -0.2) is 0 Å². The Morgan fingerprint density at radius 3 is 1.90 bits per heavy atom. The van der Waals surface area contributed by atoms with Gasteiger partial charge in [0.1, 0.15) is 0 Å². The predicted octanol–water partition coefficient (Wildman–Crippen LogP) is 10.7. The molecular formula is C40H31N. The van der Waals surface area contributed by atoms with Crippen LogP contribution in [0.25, 0.3) is 33.4 Å². The summed E-state index contributed by atoms with van der Waals surface area (Å²) in [5.41, 5.74) is 17.1. The van der Waals surface area contributed by atoms with E-state index < -0.39 is 0 Å². The molecule has 0 atom stereocenters. The first-order valence-corrected chi connectivity index (χ1v) is 14.5. The Kier molecular flexibility index (Phi) is 5.30. The highest BCUT2D eigenvalue weighted by Crippen LogP contribution is 2.50. The molecule has 41 heavy (non-hydrogen) atoms. The van der Waals surface area contributed by atoms with Crippen LogP contribution in [0.1, 0.15) is 36.1 Å². The van der Waals surface area contributed by atoms with E-state index in [-0.39, 0.29) is 5.41 Å². The molecule has 2 aliphatic rings. The highest BCUT2D eigenvalue weighted by Gasteiger charge is 2.35. The van der Waals surface area contributed by atoms with Crippen molar-refractivity contribution in [3.8, 4) is 33.4 Å². The first kappa shape index (κ1) is 24.0. The van der Waals surface area contributed by atoms with Crippen molar-refractivity contribution in [2.45, 2.75) is 25.7 Å². The molecule has 0 radical (unpaired) electrons. The fourth-order valence-electron chi connectivity index (χ4n) is 7.08. The van der Waals surface area contributed by atoms with Gasteiger partial charge in [-0.3, -0.25) is 0 Å². The second-order valence-corrected chi connectivity index (χ2v) is 11.8. The number of anilines is 3. The SMILES string of the molecule is CC1(C)c2ccccc2-c2ccc(N(c3ccccc3)c3ccc(-c4cccc5c4-c4ccccc4C5)cc3)cc21. The Balaban J connectivity index is 1.23. The number of fused-ring (bicyclic) bond motifs is 6. The molecule has 0 N–H and O–H groups in total. The average Bonchev–Trinajstić information content (AvgIpc) is 3.51. The molecule has 0 unspecified atom stereocenters. The molecule has 2 aliphatic carbocycles. The van der Waals surface area contributed by atoms with Crippen LogP contribution >= 0.6 is 0 Å². The maximum absolute atomic E-state index is 2.40. The van der Waals surface area contributed by atoms with Crippen LogP contribution in [0.2, 0.25) is 0 Å². The van der Waals surface area contributed by atoms with Gasteiger partial charge in [-0.15, -0.1) is 0 Å². The second kappa shape index (κ2) is 9.08. The fraction of sp³-hybridized carbons (Fsp3) is 0.100. The van der Waals surface area contributed by atoms with Crippen LogP contribution in [-0.2, 0) is 11.8 Å².